The zero-order valence-electron chi connectivity index (χ0n) is 5.76. The SMILES string of the molecule is Cc1sc(=O)n(C)c1C. The summed E-state index contributed by atoms with van der Waals surface area (Å²) in [5.74, 6) is 0. The van der Waals surface area contributed by atoms with Gasteiger partial charge in [0.2, 0.25) is 0 Å². The van der Waals surface area contributed by atoms with E-state index in [0.717, 1.165) is 10.6 Å². The minimum absolute atomic E-state index is 0.130. The van der Waals surface area contributed by atoms with Crippen molar-refractivity contribution in [3.8, 4) is 0 Å². The molecule has 1 heterocycles. The highest BCUT2D eigenvalue weighted by molar-refractivity contribution is 7.09. The zero-order chi connectivity index (χ0) is 7.02. The van der Waals surface area contributed by atoms with E-state index in [1.807, 2.05) is 13.8 Å². The van der Waals surface area contributed by atoms with Gasteiger partial charge in [0, 0.05) is 17.6 Å². The van der Waals surface area contributed by atoms with Crippen molar-refractivity contribution in [2.45, 2.75) is 13.8 Å². The molecule has 1 aromatic rings. The number of hydrogen-bond acceptors (Lipinski definition) is 2. The quantitative estimate of drug-likeness (QED) is 0.532. The molecule has 2 nitrogen and oxygen atoms in total. The van der Waals surface area contributed by atoms with Crippen molar-refractivity contribution < 1.29 is 0 Å². The van der Waals surface area contributed by atoms with Gasteiger partial charge in [0.15, 0.2) is 0 Å². The third kappa shape index (κ3) is 0.920. The number of hydrogen-bond donors (Lipinski definition) is 0. The Morgan fingerprint density at radius 2 is 2.00 bits per heavy atom. The number of aryl methyl sites for hydroxylation is 1. The lowest BCUT2D eigenvalue weighted by Crippen LogP contribution is -2.08. The minimum Gasteiger partial charge on any atom is -0.306 e. The standard InChI is InChI=1S/C6H9NOS/c1-4-5(2)9-6(8)7(4)3/h1-3H3. The van der Waals surface area contributed by atoms with Crippen LogP contribution >= 0.6 is 11.3 Å². The number of aromatic nitrogens is 1. The molecule has 0 aliphatic rings. The third-order valence-electron chi connectivity index (χ3n) is 1.53. The number of nitrogens with zero attached hydrogens (tertiary/aromatic N) is 1. The van der Waals surface area contributed by atoms with Gasteiger partial charge in [-0.1, -0.05) is 11.3 Å². The van der Waals surface area contributed by atoms with Crippen molar-refractivity contribution in [1.82, 2.24) is 4.57 Å². The summed E-state index contributed by atoms with van der Waals surface area (Å²) in [6, 6.07) is 0. The van der Waals surface area contributed by atoms with Crippen molar-refractivity contribution in [3.63, 3.8) is 0 Å². The summed E-state index contributed by atoms with van der Waals surface area (Å²) in [6.07, 6.45) is 0. The fourth-order valence-electron chi connectivity index (χ4n) is 0.646. The molecule has 0 spiro atoms. The predicted molar refractivity (Wildman–Crippen MR) is 39.0 cm³/mol. The van der Waals surface area contributed by atoms with Gasteiger partial charge in [-0.05, 0) is 13.8 Å². The Hall–Kier alpha value is -0.570. The maximum Gasteiger partial charge on any atom is 0.307 e. The molecule has 9 heavy (non-hydrogen) atoms. The van der Waals surface area contributed by atoms with Gasteiger partial charge in [0.05, 0.1) is 0 Å². The van der Waals surface area contributed by atoms with Crippen LogP contribution in [0.15, 0.2) is 4.79 Å². The van der Waals surface area contributed by atoms with E-state index in [9.17, 15) is 4.79 Å². The summed E-state index contributed by atoms with van der Waals surface area (Å²) >= 11 is 1.30. The van der Waals surface area contributed by atoms with Crippen LogP contribution in [0.4, 0.5) is 0 Å². The largest absolute Gasteiger partial charge is 0.307 e. The van der Waals surface area contributed by atoms with E-state index in [4.69, 9.17) is 0 Å². The Morgan fingerprint density at radius 3 is 2.11 bits per heavy atom. The van der Waals surface area contributed by atoms with Crippen LogP contribution in [0.5, 0.6) is 0 Å². The van der Waals surface area contributed by atoms with Crippen LogP contribution in [0, 0.1) is 13.8 Å². The van der Waals surface area contributed by atoms with Crippen molar-refractivity contribution in [2.24, 2.45) is 7.05 Å². The molecular formula is C6H9NOS. The van der Waals surface area contributed by atoms with Gasteiger partial charge in [-0.2, -0.15) is 0 Å². The van der Waals surface area contributed by atoms with E-state index in [0.29, 0.717) is 0 Å². The molecule has 0 amide bonds. The molecule has 0 aliphatic carbocycles. The molecule has 0 saturated heterocycles. The lowest BCUT2D eigenvalue weighted by Gasteiger charge is -1.90. The Labute approximate surface area is 57.8 Å². The number of rotatable bonds is 0. The van der Waals surface area contributed by atoms with Crippen LogP contribution in [0.25, 0.3) is 0 Å². The van der Waals surface area contributed by atoms with Crippen LogP contribution in [-0.2, 0) is 7.05 Å². The molecule has 1 rings (SSSR count). The molecule has 0 N–H and O–H groups in total. The maximum atomic E-state index is 10.8. The molecule has 3 heteroatoms. The second-order valence-corrected chi connectivity index (χ2v) is 3.23. The highest BCUT2D eigenvalue weighted by Crippen LogP contribution is 2.06. The van der Waals surface area contributed by atoms with Gasteiger partial charge >= 0.3 is 4.87 Å². The lowest BCUT2D eigenvalue weighted by atomic mass is 10.4. The Morgan fingerprint density at radius 1 is 1.44 bits per heavy atom. The molecule has 0 aliphatic heterocycles. The Kier molecular flexibility index (Phi) is 1.45. The summed E-state index contributed by atoms with van der Waals surface area (Å²) in [5, 5.41) is 0. The van der Waals surface area contributed by atoms with Gasteiger partial charge in [-0.25, -0.2) is 0 Å². The number of thiazole rings is 1. The van der Waals surface area contributed by atoms with E-state index >= 15 is 0 Å². The highest BCUT2D eigenvalue weighted by Gasteiger charge is 2.00. The molecule has 0 saturated carbocycles. The van der Waals surface area contributed by atoms with E-state index in [-0.39, 0.29) is 4.87 Å². The van der Waals surface area contributed by atoms with E-state index in [2.05, 4.69) is 0 Å². The average molecular weight is 143 g/mol. The normalized spacial score (nSPS) is 10.1. The third-order valence-corrected chi connectivity index (χ3v) is 2.58. The molecular weight excluding hydrogens is 134 g/mol. The summed E-state index contributed by atoms with van der Waals surface area (Å²) < 4.78 is 1.67. The van der Waals surface area contributed by atoms with Gasteiger partial charge in [-0.3, -0.25) is 4.79 Å². The molecule has 50 valence electrons. The minimum atomic E-state index is 0.130. The molecule has 0 radical (unpaired) electrons. The molecule has 0 bridgehead atoms. The molecule has 0 atom stereocenters. The van der Waals surface area contributed by atoms with Gasteiger partial charge in [-0.15, -0.1) is 0 Å². The van der Waals surface area contributed by atoms with Crippen LogP contribution in [0.1, 0.15) is 10.6 Å². The fourth-order valence-corrected chi connectivity index (χ4v) is 1.47. The van der Waals surface area contributed by atoms with Gasteiger partial charge in [0.1, 0.15) is 0 Å². The Bertz CT molecular complexity index is 271. The van der Waals surface area contributed by atoms with E-state index in [1.165, 1.54) is 11.3 Å². The van der Waals surface area contributed by atoms with Crippen LogP contribution in [0.3, 0.4) is 0 Å². The van der Waals surface area contributed by atoms with Crippen LogP contribution < -0.4 is 4.87 Å². The second kappa shape index (κ2) is 1.99. The summed E-state index contributed by atoms with van der Waals surface area (Å²) in [7, 11) is 1.79. The summed E-state index contributed by atoms with van der Waals surface area (Å²) in [4.78, 5) is 12.1. The summed E-state index contributed by atoms with van der Waals surface area (Å²) in [5.41, 5.74) is 1.07. The molecule has 0 aromatic carbocycles. The fraction of sp³-hybridized carbons (Fsp3) is 0.500. The first kappa shape index (κ1) is 6.55. The maximum absolute atomic E-state index is 10.8. The van der Waals surface area contributed by atoms with E-state index in [1.54, 1.807) is 11.6 Å². The predicted octanol–water partition coefficient (Wildman–Crippen LogP) is 1.06. The topological polar surface area (TPSA) is 22.0 Å². The van der Waals surface area contributed by atoms with Gasteiger partial charge in [0.25, 0.3) is 0 Å². The average Bonchev–Trinajstić information content (AvgIpc) is 1.98. The monoisotopic (exact) mass is 143 g/mol. The molecule has 0 fully saturated rings. The lowest BCUT2D eigenvalue weighted by molar-refractivity contribution is 0.848. The highest BCUT2D eigenvalue weighted by atomic mass is 32.1. The van der Waals surface area contributed by atoms with Crippen molar-refractivity contribution in [3.05, 3.63) is 20.2 Å². The first-order valence-electron chi connectivity index (χ1n) is 2.76. The van der Waals surface area contributed by atoms with Crippen molar-refractivity contribution in [1.29, 1.82) is 0 Å². The van der Waals surface area contributed by atoms with Crippen molar-refractivity contribution >= 4 is 11.3 Å². The smallest absolute Gasteiger partial charge is 0.306 e. The molecule has 0 unspecified atom stereocenters. The first-order valence-corrected chi connectivity index (χ1v) is 3.57. The second-order valence-electron chi connectivity index (χ2n) is 2.07. The van der Waals surface area contributed by atoms with Gasteiger partial charge < -0.3 is 4.57 Å². The van der Waals surface area contributed by atoms with Crippen LogP contribution in [-0.4, -0.2) is 4.57 Å². The molecule has 1 aromatic heterocycles. The van der Waals surface area contributed by atoms with E-state index < -0.39 is 0 Å². The first-order chi connectivity index (χ1) is 4.13. The van der Waals surface area contributed by atoms with Crippen LogP contribution in [0.2, 0.25) is 0 Å². The van der Waals surface area contributed by atoms with Crippen molar-refractivity contribution in [2.75, 3.05) is 0 Å². The summed E-state index contributed by atoms with van der Waals surface area (Å²) in [6.45, 7) is 3.91. The zero-order valence-corrected chi connectivity index (χ0v) is 6.58. The Balaban J connectivity index is 3.47.